The number of thiophene rings is 1. The van der Waals surface area contributed by atoms with E-state index in [-0.39, 0.29) is 0 Å². The summed E-state index contributed by atoms with van der Waals surface area (Å²) in [6.07, 6.45) is 0. The molecule has 0 unspecified atom stereocenters. The number of rotatable bonds is 2. The second-order valence-corrected chi connectivity index (χ2v) is 3.64. The van der Waals surface area contributed by atoms with Crippen LogP contribution >= 0.6 is 11.3 Å². The third kappa shape index (κ3) is 1.93. The van der Waals surface area contributed by atoms with Crippen molar-refractivity contribution in [1.29, 1.82) is 0 Å². The number of hydrogen-bond donors (Lipinski definition) is 0. The Morgan fingerprint density at radius 3 is 2.50 bits per heavy atom. The summed E-state index contributed by atoms with van der Waals surface area (Å²) < 4.78 is 5.54. The van der Waals surface area contributed by atoms with Crippen LogP contribution in [0.3, 0.4) is 0 Å². The molecule has 14 heavy (non-hydrogen) atoms. The molecule has 0 bridgehead atoms. The normalized spacial score (nSPS) is 9.36. The summed E-state index contributed by atoms with van der Waals surface area (Å²) in [6.45, 7) is 6.82. The van der Waals surface area contributed by atoms with Crippen LogP contribution < -0.4 is 4.74 Å². The Balaban J connectivity index is 2.16. The molecule has 68 valence electrons. The van der Waals surface area contributed by atoms with Crippen LogP contribution in [0.25, 0.3) is 4.85 Å². The van der Waals surface area contributed by atoms with Gasteiger partial charge in [0, 0.05) is 0 Å². The fraction of sp³-hybridized carbons (Fsp3) is 0. The van der Waals surface area contributed by atoms with Crippen LogP contribution in [0.2, 0.25) is 0 Å². The Morgan fingerprint density at radius 1 is 1.07 bits per heavy atom. The molecule has 0 saturated heterocycles. The molecule has 0 fully saturated rings. The van der Waals surface area contributed by atoms with E-state index in [4.69, 9.17) is 11.3 Å². The van der Waals surface area contributed by atoms with Gasteiger partial charge in [-0.3, -0.25) is 0 Å². The average Bonchev–Trinajstić information content (AvgIpc) is 2.67. The highest BCUT2D eigenvalue weighted by Crippen LogP contribution is 2.34. The van der Waals surface area contributed by atoms with E-state index in [1.54, 1.807) is 6.07 Å². The van der Waals surface area contributed by atoms with Gasteiger partial charge in [-0.1, -0.05) is 18.2 Å². The Labute approximate surface area is 86.2 Å². The largest absolute Gasteiger partial charge is 0.448 e. The number of nitrogens with zero attached hydrogens (tertiary/aromatic N) is 1. The zero-order valence-electron chi connectivity index (χ0n) is 7.31. The fourth-order valence-corrected chi connectivity index (χ4v) is 1.69. The van der Waals surface area contributed by atoms with Crippen molar-refractivity contribution >= 4 is 16.3 Å². The van der Waals surface area contributed by atoms with Gasteiger partial charge in [-0.2, -0.15) is 0 Å². The van der Waals surface area contributed by atoms with E-state index in [9.17, 15) is 0 Å². The number of ether oxygens (including phenoxy) is 1. The predicted octanol–water partition coefficient (Wildman–Crippen LogP) is 4.09. The van der Waals surface area contributed by atoms with Crippen molar-refractivity contribution in [3.05, 3.63) is 53.9 Å². The van der Waals surface area contributed by atoms with Gasteiger partial charge in [0.2, 0.25) is 5.00 Å². The molecular weight excluding hydrogens is 194 g/mol. The Kier molecular flexibility index (Phi) is 2.48. The molecule has 1 heterocycles. The molecule has 0 aliphatic carbocycles. The summed E-state index contributed by atoms with van der Waals surface area (Å²) in [7, 11) is 0. The van der Waals surface area contributed by atoms with Gasteiger partial charge >= 0.3 is 0 Å². The van der Waals surface area contributed by atoms with E-state index < -0.39 is 0 Å². The minimum atomic E-state index is 0.649. The van der Waals surface area contributed by atoms with Gasteiger partial charge in [0.1, 0.15) is 5.75 Å². The minimum absolute atomic E-state index is 0.649. The highest BCUT2D eigenvalue weighted by atomic mass is 32.1. The first kappa shape index (κ1) is 8.79. The first-order valence-corrected chi connectivity index (χ1v) is 4.90. The van der Waals surface area contributed by atoms with Crippen molar-refractivity contribution in [3.8, 4) is 10.8 Å². The second-order valence-electron chi connectivity index (χ2n) is 2.62. The summed E-state index contributed by atoms with van der Waals surface area (Å²) in [6, 6.07) is 13.1. The van der Waals surface area contributed by atoms with E-state index in [0.717, 1.165) is 10.8 Å². The quantitative estimate of drug-likeness (QED) is 0.667. The third-order valence-corrected chi connectivity index (χ3v) is 2.50. The summed E-state index contributed by atoms with van der Waals surface area (Å²) >= 11 is 1.35. The van der Waals surface area contributed by atoms with Gasteiger partial charge in [-0.25, -0.2) is 4.85 Å². The van der Waals surface area contributed by atoms with Crippen LogP contribution in [0.4, 0.5) is 5.00 Å². The monoisotopic (exact) mass is 201 g/mol. The van der Waals surface area contributed by atoms with Crippen LogP contribution in [0, 0.1) is 6.57 Å². The van der Waals surface area contributed by atoms with Gasteiger partial charge in [-0.05, 0) is 24.3 Å². The molecule has 1 aromatic heterocycles. The lowest BCUT2D eigenvalue weighted by molar-refractivity contribution is 0.496. The predicted molar refractivity (Wildman–Crippen MR) is 57.1 cm³/mol. The van der Waals surface area contributed by atoms with E-state index in [1.165, 1.54) is 11.3 Å². The lowest BCUT2D eigenvalue weighted by Gasteiger charge is -2.00. The van der Waals surface area contributed by atoms with Crippen LogP contribution in [-0.2, 0) is 0 Å². The zero-order chi connectivity index (χ0) is 9.80. The molecule has 0 amide bonds. The third-order valence-electron chi connectivity index (χ3n) is 1.64. The molecule has 0 spiro atoms. The fourth-order valence-electron chi connectivity index (χ4n) is 1.03. The zero-order valence-corrected chi connectivity index (χ0v) is 8.12. The van der Waals surface area contributed by atoms with E-state index >= 15 is 0 Å². The molecular formula is C11H7NOS. The standard InChI is InChI=1S/C11H7NOS/c1-12-10-7-8-11(14-10)13-9-5-3-2-4-6-9/h2-8H. The molecule has 2 rings (SSSR count). The van der Waals surface area contributed by atoms with Gasteiger partial charge < -0.3 is 4.74 Å². The van der Waals surface area contributed by atoms with Gasteiger partial charge in [-0.15, -0.1) is 11.3 Å². The Hall–Kier alpha value is -1.79. The maximum Gasteiger partial charge on any atom is 0.244 e. The molecule has 0 atom stereocenters. The van der Waals surface area contributed by atoms with Crippen LogP contribution in [0.5, 0.6) is 10.8 Å². The minimum Gasteiger partial charge on any atom is -0.448 e. The van der Waals surface area contributed by atoms with Crippen LogP contribution in [-0.4, -0.2) is 0 Å². The van der Waals surface area contributed by atoms with Crippen molar-refractivity contribution in [3.63, 3.8) is 0 Å². The molecule has 1 aromatic carbocycles. The summed E-state index contributed by atoms with van der Waals surface area (Å²) in [5.74, 6) is 0.797. The maximum atomic E-state index is 6.82. The molecule has 0 saturated carbocycles. The van der Waals surface area contributed by atoms with E-state index in [2.05, 4.69) is 4.85 Å². The highest BCUT2D eigenvalue weighted by Gasteiger charge is 2.00. The summed E-state index contributed by atoms with van der Waals surface area (Å²) in [5, 5.41) is 1.40. The van der Waals surface area contributed by atoms with E-state index in [1.807, 2.05) is 36.4 Å². The van der Waals surface area contributed by atoms with Crippen molar-refractivity contribution in [2.75, 3.05) is 0 Å². The molecule has 2 nitrogen and oxygen atoms in total. The van der Waals surface area contributed by atoms with E-state index in [0.29, 0.717) is 5.00 Å². The first-order chi connectivity index (χ1) is 6.88. The van der Waals surface area contributed by atoms with Crippen molar-refractivity contribution in [2.24, 2.45) is 0 Å². The summed E-state index contributed by atoms with van der Waals surface area (Å²) in [4.78, 5) is 3.32. The van der Waals surface area contributed by atoms with Gasteiger partial charge in [0.05, 0.1) is 6.57 Å². The SMILES string of the molecule is [C-]#[N+]c1ccc(Oc2ccccc2)s1. The average molecular weight is 201 g/mol. The number of hydrogen-bond acceptors (Lipinski definition) is 2. The number of benzene rings is 1. The van der Waals surface area contributed by atoms with Crippen molar-refractivity contribution < 1.29 is 4.74 Å². The molecule has 2 aromatic rings. The Bertz CT molecular complexity index is 456. The molecule has 3 heteroatoms. The van der Waals surface area contributed by atoms with Gasteiger partial charge in [0.15, 0.2) is 5.06 Å². The first-order valence-electron chi connectivity index (χ1n) is 4.09. The van der Waals surface area contributed by atoms with Crippen LogP contribution in [0.1, 0.15) is 0 Å². The van der Waals surface area contributed by atoms with Gasteiger partial charge in [0.25, 0.3) is 0 Å². The number of para-hydroxylation sites is 1. The highest BCUT2D eigenvalue weighted by molar-refractivity contribution is 7.17. The maximum absolute atomic E-state index is 6.82. The second kappa shape index (κ2) is 3.95. The molecule has 0 N–H and O–H groups in total. The lowest BCUT2D eigenvalue weighted by Crippen LogP contribution is -1.77. The molecule has 0 aliphatic heterocycles. The Morgan fingerprint density at radius 2 is 1.86 bits per heavy atom. The molecule has 0 radical (unpaired) electrons. The smallest absolute Gasteiger partial charge is 0.244 e. The van der Waals surface area contributed by atoms with Crippen molar-refractivity contribution in [1.82, 2.24) is 0 Å². The van der Waals surface area contributed by atoms with Crippen molar-refractivity contribution in [2.45, 2.75) is 0 Å². The van der Waals surface area contributed by atoms with Crippen LogP contribution in [0.15, 0.2) is 42.5 Å². The molecule has 0 aliphatic rings. The summed E-state index contributed by atoms with van der Waals surface area (Å²) in [5.41, 5.74) is 0. The topological polar surface area (TPSA) is 13.6 Å². The lowest BCUT2D eigenvalue weighted by atomic mass is 10.3.